The summed E-state index contributed by atoms with van der Waals surface area (Å²) < 4.78 is 13.1. The number of nitrogens with zero attached hydrogens (tertiary/aromatic N) is 2. The predicted octanol–water partition coefficient (Wildman–Crippen LogP) is 1.51. The van der Waals surface area contributed by atoms with Crippen molar-refractivity contribution in [1.29, 1.82) is 0 Å². The Hall–Kier alpha value is -2.02. The van der Waals surface area contributed by atoms with E-state index >= 15 is 0 Å². The fourth-order valence-corrected chi connectivity index (χ4v) is 1.55. The molecule has 0 spiro atoms. The van der Waals surface area contributed by atoms with Gasteiger partial charge in [-0.05, 0) is 12.5 Å². The Morgan fingerprint density at radius 2 is 2.24 bits per heavy atom. The lowest BCUT2D eigenvalue weighted by atomic mass is 10.2. The highest BCUT2D eigenvalue weighted by molar-refractivity contribution is 5.94. The van der Waals surface area contributed by atoms with Gasteiger partial charge in [-0.3, -0.25) is 19.7 Å². The Labute approximate surface area is 95.7 Å². The molecule has 6 nitrogen and oxygen atoms in total. The number of nitro benzene ring substituents is 1. The number of benzene rings is 1. The highest BCUT2D eigenvalue weighted by atomic mass is 19.1. The maximum atomic E-state index is 13.1. The van der Waals surface area contributed by atoms with E-state index in [1.807, 2.05) is 0 Å². The van der Waals surface area contributed by atoms with Crippen LogP contribution < -0.4 is 0 Å². The lowest BCUT2D eigenvalue weighted by Gasteiger charge is -2.13. The first-order chi connectivity index (χ1) is 8.08. The Bertz CT molecular complexity index is 471. The van der Waals surface area contributed by atoms with Crippen molar-refractivity contribution in [2.24, 2.45) is 0 Å². The molecule has 1 amide bonds. The highest BCUT2D eigenvalue weighted by Gasteiger charge is 2.23. The molecule has 1 aromatic rings. The van der Waals surface area contributed by atoms with E-state index in [-0.39, 0.29) is 5.56 Å². The van der Waals surface area contributed by atoms with Gasteiger partial charge in [-0.1, -0.05) is 0 Å². The third kappa shape index (κ3) is 2.39. The van der Waals surface area contributed by atoms with Crippen molar-refractivity contribution in [3.63, 3.8) is 0 Å². The molecule has 0 saturated carbocycles. The minimum atomic E-state index is -0.818. The molecular weight excluding hydrogens is 231 g/mol. The van der Waals surface area contributed by atoms with Gasteiger partial charge in [0.25, 0.3) is 11.6 Å². The standard InChI is InChI=1S/C10H9FN2O4/c11-8-4-7(5-9(6-8)13(15)16)10(14)12-2-1-3-17-12/h4-6H,1-3H2. The van der Waals surface area contributed by atoms with Gasteiger partial charge < -0.3 is 0 Å². The fraction of sp³-hybridized carbons (Fsp3) is 0.300. The molecule has 1 aromatic carbocycles. The molecule has 1 fully saturated rings. The summed E-state index contributed by atoms with van der Waals surface area (Å²) in [5, 5.41) is 11.6. The van der Waals surface area contributed by atoms with Crippen molar-refractivity contribution in [3.05, 3.63) is 39.7 Å². The van der Waals surface area contributed by atoms with E-state index in [0.29, 0.717) is 19.6 Å². The molecule has 17 heavy (non-hydrogen) atoms. The summed E-state index contributed by atoms with van der Waals surface area (Å²) in [6.45, 7) is 0.826. The number of nitro groups is 1. The molecule has 0 N–H and O–H groups in total. The van der Waals surface area contributed by atoms with Crippen LogP contribution in [0.5, 0.6) is 0 Å². The van der Waals surface area contributed by atoms with Crippen LogP contribution in [0.3, 0.4) is 0 Å². The van der Waals surface area contributed by atoms with Gasteiger partial charge >= 0.3 is 0 Å². The Kier molecular flexibility index (Phi) is 3.01. The average molecular weight is 240 g/mol. The average Bonchev–Trinajstić information content (AvgIpc) is 2.80. The Morgan fingerprint density at radius 3 is 2.82 bits per heavy atom. The van der Waals surface area contributed by atoms with Crippen molar-refractivity contribution >= 4 is 11.6 Å². The van der Waals surface area contributed by atoms with Gasteiger partial charge in [-0.2, -0.15) is 0 Å². The molecule has 2 rings (SSSR count). The van der Waals surface area contributed by atoms with Crippen molar-refractivity contribution < 1.29 is 18.9 Å². The summed E-state index contributed by atoms with van der Waals surface area (Å²) in [5.74, 6) is -1.38. The summed E-state index contributed by atoms with van der Waals surface area (Å²) in [5.41, 5.74) is -0.536. The van der Waals surface area contributed by atoms with Crippen molar-refractivity contribution in [2.75, 3.05) is 13.2 Å². The van der Waals surface area contributed by atoms with E-state index in [1.54, 1.807) is 0 Å². The molecule has 0 bridgehead atoms. The van der Waals surface area contributed by atoms with E-state index in [9.17, 15) is 19.3 Å². The summed E-state index contributed by atoms with van der Waals surface area (Å²) in [6, 6.07) is 2.76. The quantitative estimate of drug-likeness (QED) is 0.580. The van der Waals surface area contributed by atoms with Crippen LogP contribution in [-0.2, 0) is 4.84 Å². The molecule has 0 radical (unpaired) electrons. The maximum absolute atomic E-state index is 13.1. The zero-order chi connectivity index (χ0) is 12.4. The predicted molar refractivity (Wildman–Crippen MR) is 54.7 cm³/mol. The van der Waals surface area contributed by atoms with Crippen molar-refractivity contribution in [3.8, 4) is 0 Å². The van der Waals surface area contributed by atoms with Crippen LogP contribution in [0.25, 0.3) is 0 Å². The second-order valence-corrected chi connectivity index (χ2v) is 3.55. The zero-order valence-corrected chi connectivity index (χ0v) is 8.76. The number of hydrogen-bond donors (Lipinski definition) is 0. The van der Waals surface area contributed by atoms with E-state index < -0.39 is 22.3 Å². The summed E-state index contributed by atoms with van der Waals surface area (Å²) in [6.07, 6.45) is 0.698. The first-order valence-corrected chi connectivity index (χ1v) is 4.97. The molecule has 1 saturated heterocycles. The van der Waals surface area contributed by atoms with Crippen LogP contribution >= 0.6 is 0 Å². The number of hydrogen-bond acceptors (Lipinski definition) is 4. The molecule has 1 aliphatic heterocycles. The number of hydroxylamine groups is 2. The van der Waals surface area contributed by atoms with E-state index in [0.717, 1.165) is 23.3 Å². The maximum Gasteiger partial charge on any atom is 0.277 e. The van der Waals surface area contributed by atoms with Crippen LogP contribution in [0.4, 0.5) is 10.1 Å². The van der Waals surface area contributed by atoms with E-state index in [1.165, 1.54) is 0 Å². The van der Waals surface area contributed by atoms with Gasteiger partial charge in [0, 0.05) is 6.07 Å². The van der Waals surface area contributed by atoms with Gasteiger partial charge in [-0.15, -0.1) is 0 Å². The third-order valence-corrected chi connectivity index (χ3v) is 2.32. The smallest absolute Gasteiger partial charge is 0.271 e. The summed E-state index contributed by atoms with van der Waals surface area (Å²) >= 11 is 0. The molecule has 90 valence electrons. The topological polar surface area (TPSA) is 72.7 Å². The normalized spacial score (nSPS) is 15.0. The largest absolute Gasteiger partial charge is 0.277 e. The molecule has 0 aliphatic carbocycles. The van der Waals surface area contributed by atoms with Crippen LogP contribution in [0.2, 0.25) is 0 Å². The first-order valence-electron chi connectivity index (χ1n) is 4.97. The first kappa shape index (κ1) is 11.5. The van der Waals surface area contributed by atoms with Gasteiger partial charge in [0.2, 0.25) is 0 Å². The Balaban J connectivity index is 2.31. The monoisotopic (exact) mass is 240 g/mol. The SMILES string of the molecule is O=C(c1cc(F)cc([N+](=O)[O-])c1)N1CCCO1. The number of carbonyl (C=O) groups is 1. The summed E-state index contributed by atoms with van der Waals surface area (Å²) in [4.78, 5) is 26.6. The molecule has 0 atom stereocenters. The van der Waals surface area contributed by atoms with Crippen molar-refractivity contribution in [1.82, 2.24) is 5.06 Å². The van der Waals surface area contributed by atoms with Crippen LogP contribution in [0, 0.1) is 15.9 Å². The molecule has 0 unspecified atom stereocenters. The molecule has 1 heterocycles. The number of halogens is 1. The second-order valence-electron chi connectivity index (χ2n) is 3.55. The fourth-order valence-electron chi connectivity index (χ4n) is 1.55. The third-order valence-electron chi connectivity index (χ3n) is 2.32. The number of amides is 1. The van der Waals surface area contributed by atoms with Crippen LogP contribution in [-0.4, -0.2) is 29.0 Å². The number of carbonyl (C=O) groups excluding carboxylic acids is 1. The highest BCUT2D eigenvalue weighted by Crippen LogP contribution is 2.19. The number of non-ortho nitro benzene ring substituents is 1. The molecule has 7 heteroatoms. The summed E-state index contributed by atoms with van der Waals surface area (Å²) in [7, 11) is 0. The number of rotatable bonds is 2. The molecule has 1 aliphatic rings. The minimum Gasteiger partial charge on any atom is -0.271 e. The van der Waals surface area contributed by atoms with Crippen molar-refractivity contribution in [2.45, 2.75) is 6.42 Å². The van der Waals surface area contributed by atoms with E-state index in [4.69, 9.17) is 4.84 Å². The van der Waals surface area contributed by atoms with Crippen LogP contribution in [0.1, 0.15) is 16.8 Å². The van der Waals surface area contributed by atoms with Gasteiger partial charge in [0.1, 0.15) is 5.82 Å². The lowest BCUT2D eigenvalue weighted by Crippen LogP contribution is -2.26. The molecular formula is C10H9FN2O4. The van der Waals surface area contributed by atoms with E-state index in [2.05, 4.69) is 0 Å². The van der Waals surface area contributed by atoms with Gasteiger partial charge in [0.15, 0.2) is 0 Å². The van der Waals surface area contributed by atoms with Crippen LogP contribution in [0.15, 0.2) is 18.2 Å². The lowest BCUT2D eigenvalue weighted by molar-refractivity contribution is -0.385. The molecule has 0 aromatic heterocycles. The Morgan fingerprint density at radius 1 is 1.47 bits per heavy atom. The van der Waals surface area contributed by atoms with Gasteiger partial charge in [-0.25, -0.2) is 9.45 Å². The zero-order valence-electron chi connectivity index (χ0n) is 8.76. The van der Waals surface area contributed by atoms with Gasteiger partial charge in [0.05, 0.1) is 29.7 Å². The second kappa shape index (κ2) is 4.46. The minimum absolute atomic E-state index is 0.0846.